The van der Waals surface area contributed by atoms with Crippen molar-refractivity contribution in [2.75, 3.05) is 6.61 Å². The summed E-state index contributed by atoms with van der Waals surface area (Å²) in [5.74, 6) is 0.0494. The minimum absolute atomic E-state index is 0.0494. The molecular formula is C17H18O2. The average Bonchev–Trinajstić information content (AvgIpc) is 2.48. The first-order valence-electron chi connectivity index (χ1n) is 6.54. The molecule has 0 aliphatic heterocycles. The summed E-state index contributed by atoms with van der Waals surface area (Å²) in [5, 5.41) is 0. The second-order valence-electron chi connectivity index (χ2n) is 4.41. The number of benzene rings is 2. The van der Waals surface area contributed by atoms with Crippen LogP contribution >= 0.6 is 0 Å². The summed E-state index contributed by atoms with van der Waals surface area (Å²) >= 11 is 0. The monoisotopic (exact) mass is 254 g/mol. The van der Waals surface area contributed by atoms with Crippen molar-refractivity contribution in [2.45, 2.75) is 20.0 Å². The van der Waals surface area contributed by atoms with Crippen LogP contribution in [0.5, 0.6) is 0 Å². The average molecular weight is 254 g/mol. The predicted octanol–water partition coefficient (Wildman–Crippen LogP) is 3.65. The topological polar surface area (TPSA) is 26.3 Å². The van der Waals surface area contributed by atoms with E-state index in [0.717, 1.165) is 23.1 Å². The second kappa shape index (κ2) is 6.86. The number of carbonyl (C=O) groups is 1. The third kappa shape index (κ3) is 3.76. The van der Waals surface area contributed by atoms with E-state index in [0.29, 0.717) is 6.61 Å². The Bertz CT molecular complexity index is 532. The fourth-order valence-electron chi connectivity index (χ4n) is 2.01. The van der Waals surface area contributed by atoms with Crippen LogP contribution in [-0.4, -0.2) is 12.4 Å². The lowest BCUT2D eigenvalue weighted by atomic mass is 10.0. The molecule has 0 saturated heterocycles. The molecule has 2 heteroatoms. The predicted molar refractivity (Wildman–Crippen MR) is 76.2 cm³/mol. The Morgan fingerprint density at radius 2 is 1.68 bits per heavy atom. The van der Waals surface area contributed by atoms with Gasteiger partial charge in [0.2, 0.25) is 0 Å². The number of Topliss-reactive ketones (excluding diaryl/α,β-unsaturated/α-hetero) is 1. The summed E-state index contributed by atoms with van der Waals surface area (Å²) in [4.78, 5) is 12.1. The molecule has 2 nitrogen and oxygen atoms in total. The summed E-state index contributed by atoms with van der Waals surface area (Å²) < 4.78 is 5.49. The van der Waals surface area contributed by atoms with Gasteiger partial charge in [0.1, 0.15) is 6.61 Å². The van der Waals surface area contributed by atoms with Crippen LogP contribution < -0.4 is 0 Å². The van der Waals surface area contributed by atoms with Gasteiger partial charge in [-0.25, -0.2) is 0 Å². The molecule has 0 heterocycles. The SMILES string of the molecule is CCc1ccccc1C(=O)COCc1ccccc1. The molecule has 0 N–H and O–H groups in total. The lowest BCUT2D eigenvalue weighted by molar-refractivity contribution is 0.0725. The van der Waals surface area contributed by atoms with E-state index in [1.165, 1.54) is 0 Å². The fraction of sp³-hybridized carbons (Fsp3) is 0.235. The molecular weight excluding hydrogens is 236 g/mol. The molecule has 0 saturated carbocycles. The standard InChI is InChI=1S/C17H18O2/c1-2-15-10-6-7-11-16(15)17(18)13-19-12-14-8-4-3-5-9-14/h3-11H,2,12-13H2,1H3. The van der Waals surface area contributed by atoms with Crippen LogP contribution in [0.3, 0.4) is 0 Å². The Kier molecular flexibility index (Phi) is 4.87. The molecule has 2 aromatic rings. The molecule has 2 rings (SSSR count). The lowest BCUT2D eigenvalue weighted by Crippen LogP contribution is -2.11. The van der Waals surface area contributed by atoms with E-state index >= 15 is 0 Å². The Hall–Kier alpha value is -1.93. The van der Waals surface area contributed by atoms with Gasteiger partial charge in [-0.15, -0.1) is 0 Å². The number of aryl methyl sites for hydroxylation is 1. The van der Waals surface area contributed by atoms with Crippen LogP contribution in [-0.2, 0) is 17.8 Å². The van der Waals surface area contributed by atoms with Gasteiger partial charge in [-0.2, -0.15) is 0 Å². The highest BCUT2D eigenvalue weighted by atomic mass is 16.5. The van der Waals surface area contributed by atoms with Gasteiger partial charge in [-0.3, -0.25) is 4.79 Å². The number of ether oxygens (including phenoxy) is 1. The van der Waals surface area contributed by atoms with Gasteiger partial charge in [0.05, 0.1) is 6.61 Å². The Balaban J connectivity index is 1.91. The molecule has 0 spiro atoms. The summed E-state index contributed by atoms with van der Waals surface area (Å²) in [5.41, 5.74) is 2.94. The Labute approximate surface area is 114 Å². The summed E-state index contributed by atoms with van der Waals surface area (Å²) in [7, 11) is 0. The normalized spacial score (nSPS) is 10.4. The largest absolute Gasteiger partial charge is 0.369 e. The van der Waals surface area contributed by atoms with Crippen molar-refractivity contribution >= 4 is 5.78 Å². The molecule has 0 radical (unpaired) electrons. The zero-order valence-corrected chi connectivity index (χ0v) is 11.1. The zero-order chi connectivity index (χ0) is 13.5. The van der Waals surface area contributed by atoms with Crippen molar-refractivity contribution in [3.8, 4) is 0 Å². The number of hydrogen-bond acceptors (Lipinski definition) is 2. The summed E-state index contributed by atoms with van der Waals surface area (Å²) in [6.45, 7) is 2.66. The van der Waals surface area contributed by atoms with Gasteiger partial charge in [-0.1, -0.05) is 61.5 Å². The molecule has 0 aliphatic carbocycles. The molecule has 2 aromatic carbocycles. The van der Waals surface area contributed by atoms with Crippen LogP contribution in [0.15, 0.2) is 54.6 Å². The maximum atomic E-state index is 12.1. The first-order chi connectivity index (χ1) is 9.31. The third-order valence-electron chi connectivity index (χ3n) is 3.04. The van der Waals surface area contributed by atoms with Gasteiger partial charge in [-0.05, 0) is 17.5 Å². The van der Waals surface area contributed by atoms with Crippen LogP contribution in [0.2, 0.25) is 0 Å². The third-order valence-corrected chi connectivity index (χ3v) is 3.04. The van der Waals surface area contributed by atoms with Crippen molar-refractivity contribution in [3.63, 3.8) is 0 Å². The first-order valence-corrected chi connectivity index (χ1v) is 6.54. The molecule has 0 amide bonds. The number of rotatable bonds is 6. The fourth-order valence-corrected chi connectivity index (χ4v) is 2.01. The van der Waals surface area contributed by atoms with E-state index in [4.69, 9.17) is 4.74 Å². The van der Waals surface area contributed by atoms with Gasteiger partial charge in [0.25, 0.3) is 0 Å². The minimum atomic E-state index is 0.0494. The van der Waals surface area contributed by atoms with Gasteiger partial charge in [0.15, 0.2) is 5.78 Å². The van der Waals surface area contributed by atoms with Gasteiger partial charge >= 0.3 is 0 Å². The van der Waals surface area contributed by atoms with Gasteiger partial charge in [0, 0.05) is 5.56 Å². The van der Waals surface area contributed by atoms with E-state index in [1.54, 1.807) is 0 Å². The molecule has 0 aliphatic rings. The number of carbonyl (C=O) groups excluding carboxylic acids is 1. The first kappa shape index (κ1) is 13.5. The zero-order valence-electron chi connectivity index (χ0n) is 11.1. The maximum Gasteiger partial charge on any atom is 0.188 e. The van der Waals surface area contributed by atoms with E-state index < -0.39 is 0 Å². The quantitative estimate of drug-likeness (QED) is 0.735. The maximum absolute atomic E-state index is 12.1. The summed E-state index contributed by atoms with van der Waals surface area (Å²) in [6.07, 6.45) is 0.862. The molecule has 0 bridgehead atoms. The highest BCUT2D eigenvalue weighted by molar-refractivity contribution is 5.98. The van der Waals surface area contributed by atoms with Crippen molar-refractivity contribution in [3.05, 3.63) is 71.3 Å². The Morgan fingerprint density at radius 1 is 1.00 bits per heavy atom. The van der Waals surface area contributed by atoms with Crippen LogP contribution in [0, 0.1) is 0 Å². The van der Waals surface area contributed by atoms with E-state index in [1.807, 2.05) is 54.6 Å². The van der Waals surface area contributed by atoms with Crippen molar-refractivity contribution in [1.82, 2.24) is 0 Å². The lowest BCUT2D eigenvalue weighted by Gasteiger charge is -2.07. The van der Waals surface area contributed by atoms with Crippen LogP contribution in [0.25, 0.3) is 0 Å². The smallest absolute Gasteiger partial charge is 0.188 e. The van der Waals surface area contributed by atoms with Gasteiger partial charge < -0.3 is 4.74 Å². The van der Waals surface area contributed by atoms with Crippen molar-refractivity contribution in [2.24, 2.45) is 0 Å². The Morgan fingerprint density at radius 3 is 2.42 bits per heavy atom. The molecule has 0 fully saturated rings. The number of ketones is 1. The molecule has 0 aromatic heterocycles. The number of hydrogen-bond donors (Lipinski definition) is 0. The van der Waals surface area contributed by atoms with Crippen molar-refractivity contribution in [1.29, 1.82) is 0 Å². The highest BCUT2D eigenvalue weighted by Gasteiger charge is 2.09. The molecule has 19 heavy (non-hydrogen) atoms. The van der Waals surface area contributed by atoms with Crippen LogP contribution in [0.4, 0.5) is 0 Å². The van der Waals surface area contributed by atoms with Crippen LogP contribution in [0.1, 0.15) is 28.4 Å². The summed E-state index contributed by atoms with van der Waals surface area (Å²) in [6, 6.07) is 17.6. The molecule has 98 valence electrons. The van der Waals surface area contributed by atoms with E-state index in [2.05, 4.69) is 6.92 Å². The highest BCUT2D eigenvalue weighted by Crippen LogP contribution is 2.11. The molecule has 0 unspecified atom stereocenters. The van der Waals surface area contributed by atoms with Crippen molar-refractivity contribution < 1.29 is 9.53 Å². The minimum Gasteiger partial charge on any atom is -0.369 e. The molecule has 0 atom stereocenters. The van der Waals surface area contributed by atoms with E-state index in [9.17, 15) is 4.79 Å². The van der Waals surface area contributed by atoms with E-state index in [-0.39, 0.29) is 12.4 Å². The second-order valence-corrected chi connectivity index (χ2v) is 4.41.